The van der Waals surface area contributed by atoms with Crippen molar-refractivity contribution in [3.05, 3.63) is 29.8 Å². The fraction of sp³-hybridized carbons (Fsp3) is 0.562. The average molecular weight is 279 g/mol. The molecule has 0 aliphatic rings. The number of benzene rings is 1. The minimum absolute atomic E-state index is 0.101. The van der Waals surface area contributed by atoms with Crippen molar-refractivity contribution in [2.75, 3.05) is 0 Å². The summed E-state index contributed by atoms with van der Waals surface area (Å²) in [5, 5.41) is 12.9. The molecular weight excluding hydrogens is 254 g/mol. The second kappa shape index (κ2) is 5.83. The Kier molecular flexibility index (Phi) is 4.81. The molecule has 4 heteroatoms. The fourth-order valence-electron chi connectivity index (χ4n) is 1.47. The van der Waals surface area contributed by atoms with Crippen LogP contribution in [-0.4, -0.2) is 28.3 Å². The van der Waals surface area contributed by atoms with Crippen LogP contribution in [0.2, 0.25) is 0 Å². The lowest BCUT2D eigenvalue weighted by Crippen LogP contribution is -2.57. The summed E-state index contributed by atoms with van der Waals surface area (Å²) in [6.07, 6.45) is 0.101. The molecule has 0 unspecified atom stereocenters. The molecule has 0 saturated carbocycles. The van der Waals surface area contributed by atoms with Crippen LogP contribution in [0.25, 0.3) is 0 Å². The van der Waals surface area contributed by atoms with E-state index in [-0.39, 0.29) is 12.0 Å². The first-order valence-electron chi connectivity index (χ1n) is 6.84. The molecule has 0 aromatic heterocycles. The van der Waals surface area contributed by atoms with E-state index in [1.54, 1.807) is 52.0 Å². The van der Waals surface area contributed by atoms with Crippen molar-refractivity contribution in [1.82, 2.24) is 5.32 Å². The summed E-state index contributed by atoms with van der Waals surface area (Å²) < 4.78 is 5.53. The van der Waals surface area contributed by atoms with Crippen LogP contribution in [0.5, 0.6) is 5.75 Å². The van der Waals surface area contributed by atoms with Crippen LogP contribution in [0.1, 0.15) is 51.9 Å². The van der Waals surface area contributed by atoms with Gasteiger partial charge in [-0.1, -0.05) is 0 Å². The molecule has 0 heterocycles. The van der Waals surface area contributed by atoms with Crippen molar-refractivity contribution >= 4 is 5.91 Å². The summed E-state index contributed by atoms with van der Waals surface area (Å²) in [5.74, 6) is 0.520. The molecular formula is C16H25NO3. The van der Waals surface area contributed by atoms with Crippen molar-refractivity contribution in [2.45, 2.75) is 58.8 Å². The van der Waals surface area contributed by atoms with Crippen LogP contribution >= 0.6 is 0 Å². The Hall–Kier alpha value is -1.55. The van der Waals surface area contributed by atoms with Gasteiger partial charge in [-0.15, -0.1) is 0 Å². The molecule has 0 atom stereocenters. The molecule has 112 valence electrons. The lowest BCUT2D eigenvalue weighted by Gasteiger charge is -2.38. The smallest absolute Gasteiger partial charge is 0.251 e. The largest absolute Gasteiger partial charge is 0.491 e. The zero-order chi connectivity index (χ0) is 15.6. The van der Waals surface area contributed by atoms with E-state index in [2.05, 4.69) is 5.32 Å². The third-order valence-electron chi connectivity index (χ3n) is 3.44. The summed E-state index contributed by atoms with van der Waals surface area (Å²) in [6.45, 7) is 10.8. The Labute approximate surface area is 121 Å². The first kappa shape index (κ1) is 16.5. The van der Waals surface area contributed by atoms with E-state index in [1.807, 2.05) is 13.8 Å². The minimum atomic E-state index is -1.01. The second-order valence-electron chi connectivity index (χ2n) is 6.33. The number of nitrogens with one attached hydrogen (secondary N) is 1. The number of hydrogen-bond acceptors (Lipinski definition) is 3. The van der Waals surface area contributed by atoms with E-state index < -0.39 is 11.1 Å². The zero-order valence-corrected chi connectivity index (χ0v) is 13.2. The van der Waals surface area contributed by atoms with Gasteiger partial charge in [-0.05, 0) is 65.8 Å². The van der Waals surface area contributed by atoms with Crippen molar-refractivity contribution in [1.29, 1.82) is 0 Å². The van der Waals surface area contributed by atoms with Crippen LogP contribution in [0.3, 0.4) is 0 Å². The molecule has 20 heavy (non-hydrogen) atoms. The van der Waals surface area contributed by atoms with E-state index in [0.717, 1.165) is 5.75 Å². The average Bonchev–Trinajstić information content (AvgIpc) is 2.26. The van der Waals surface area contributed by atoms with Crippen LogP contribution in [0, 0.1) is 0 Å². The van der Waals surface area contributed by atoms with Crippen LogP contribution < -0.4 is 10.1 Å². The van der Waals surface area contributed by atoms with E-state index in [4.69, 9.17) is 4.74 Å². The maximum absolute atomic E-state index is 12.2. The highest BCUT2D eigenvalue weighted by Crippen LogP contribution is 2.21. The van der Waals surface area contributed by atoms with Gasteiger partial charge in [0.1, 0.15) is 5.75 Å². The molecule has 2 N–H and O–H groups in total. The van der Waals surface area contributed by atoms with E-state index >= 15 is 0 Å². The third kappa shape index (κ3) is 4.23. The Morgan fingerprint density at radius 2 is 1.65 bits per heavy atom. The van der Waals surface area contributed by atoms with Gasteiger partial charge >= 0.3 is 0 Å². The highest BCUT2D eigenvalue weighted by Gasteiger charge is 2.36. The van der Waals surface area contributed by atoms with E-state index in [0.29, 0.717) is 5.56 Å². The lowest BCUT2D eigenvalue weighted by atomic mass is 9.86. The van der Waals surface area contributed by atoms with Crippen molar-refractivity contribution < 1.29 is 14.6 Å². The summed E-state index contributed by atoms with van der Waals surface area (Å²) in [7, 11) is 0. The van der Waals surface area contributed by atoms with Crippen LogP contribution in [0.4, 0.5) is 0 Å². The predicted molar refractivity (Wildman–Crippen MR) is 80.0 cm³/mol. The Balaban J connectivity index is 2.79. The molecule has 4 nitrogen and oxygen atoms in total. The number of hydrogen-bond donors (Lipinski definition) is 2. The molecule has 1 rings (SSSR count). The normalized spacial score (nSPS) is 12.4. The molecule has 1 amide bonds. The standard InChI is InChI=1S/C16H25NO3/c1-11(2)20-13-9-7-12(8-10-13)14(18)17-15(3,4)16(5,6)19/h7-11,19H,1-6H3,(H,17,18). The Morgan fingerprint density at radius 1 is 1.15 bits per heavy atom. The molecule has 0 fully saturated rings. The predicted octanol–water partition coefficient (Wildman–Crippen LogP) is 2.75. The molecule has 0 radical (unpaired) electrons. The molecule has 1 aromatic carbocycles. The van der Waals surface area contributed by atoms with Crippen LogP contribution in [-0.2, 0) is 0 Å². The molecule has 0 spiro atoms. The van der Waals surface area contributed by atoms with Gasteiger partial charge in [0.05, 0.1) is 17.2 Å². The molecule has 0 aliphatic heterocycles. The highest BCUT2D eigenvalue weighted by molar-refractivity contribution is 5.94. The number of ether oxygens (including phenoxy) is 1. The first-order valence-corrected chi connectivity index (χ1v) is 6.84. The number of aliphatic hydroxyl groups is 1. The van der Waals surface area contributed by atoms with Gasteiger partial charge in [-0.2, -0.15) is 0 Å². The maximum atomic E-state index is 12.2. The van der Waals surface area contributed by atoms with Gasteiger partial charge in [0, 0.05) is 5.56 Å². The molecule has 0 bridgehead atoms. The summed E-state index contributed by atoms with van der Waals surface area (Å²) in [6, 6.07) is 6.97. The van der Waals surface area contributed by atoms with Crippen molar-refractivity contribution in [2.24, 2.45) is 0 Å². The summed E-state index contributed by atoms with van der Waals surface area (Å²) >= 11 is 0. The van der Waals surface area contributed by atoms with E-state index in [1.165, 1.54) is 0 Å². The number of carbonyl (C=O) groups excluding carboxylic acids is 1. The van der Waals surface area contributed by atoms with Gasteiger partial charge in [-0.25, -0.2) is 0 Å². The minimum Gasteiger partial charge on any atom is -0.491 e. The molecule has 1 aromatic rings. The number of carbonyl (C=O) groups is 1. The van der Waals surface area contributed by atoms with Gasteiger partial charge in [0.2, 0.25) is 0 Å². The number of amides is 1. The summed E-state index contributed by atoms with van der Waals surface area (Å²) in [5.41, 5.74) is -1.20. The monoisotopic (exact) mass is 279 g/mol. The molecule has 0 aliphatic carbocycles. The first-order chi connectivity index (χ1) is 9.03. The quantitative estimate of drug-likeness (QED) is 0.871. The maximum Gasteiger partial charge on any atom is 0.251 e. The lowest BCUT2D eigenvalue weighted by molar-refractivity contribution is -0.00293. The highest BCUT2D eigenvalue weighted by atomic mass is 16.5. The zero-order valence-electron chi connectivity index (χ0n) is 13.2. The van der Waals surface area contributed by atoms with Gasteiger partial charge < -0.3 is 15.2 Å². The topological polar surface area (TPSA) is 58.6 Å². The third-order valence-corrected chi connectivity index (χ3v) is 3.44. The second-order valence-corrected chi connectivity index (χ2v) is 6.33. The molecule has 0 saturated heterocycles. The van der Waals surface area contributed by atoms with Crippen molar-refractivity contribution in [3.63, 3.8) is 0 Å². The SMILES string of the molecule is CC(C)Oc1ccc(C(=O)NC(C)(C)C(C)(C)O)cc1. The summed E-state index contributed by atoms with van der Waals surface area (Å²) in [4.78, 5) is 12.2. The van der Waals surface area contributed by atoms with E-state index in [9.17, 15) is 9.90 Å². The Morgan fingerprint density at radius 3 is 2.05 bits per heavy atom. The van der Waals surface area contributed by atoms with Gasteiger partial charge in [0.25, 0.3) is 5.91 Å². The fourth-order valence-corrected chi connectivity index (χ4v) is 1.47. The number of rotatable bonds is 5. The van der Waals surface area contributed by atoms with Crippen molar-refractivity contribution in [3.8, 4) is 5.75 Å². The van der Waals surface area contributed by atoms with Gasteiger partial charge in [-0.3, -0.25) is 4.79 Å². The Bertz CT molecular complexity index is 456. The van der Waals surface area contributed by atoms with Gasteiger partial charge in [0.15, 0.2) is 0 Å². The van der Waals surface area contributed by atoms with Crippen LogP contribution in [0.15, 0.2) is 24.3 Å².